The Morgan fingerprint density at radius 2 is 1.80 bits per heavy atom. The summed E-state index contributed by atoms with van der Waals surface area (Å²) in [7, 11) is -3.88. The second-order valence-corrected chi connectivity index (χ2v) is 12.3. The highest BCUT2D eigenvalue weighted by Gasteiger charge is 2.24. The van der Waals surface area contributed by atoms with Crippen molar-refractivity contribution in [2.75, 3.05) is 4.72 Å². The van der Waals surface area contributed by atoms with E-state index in [0.717, 1.165) is 28.2 Å². The summed E-state index contributed by atoms with van der Waals surface area (Å²) in [5.41, 5.74) is 4.61. The van der Waals surface area contributed by atoms with Gasteiger partial charge in [0, 0.05) is 34.6 Å². The number of ether oxygens (including phenoxy) is 1. The zero-order valence-corrected chi connectivity index (χ0v) is 24.7. The van der Waals surface area contributed by atoms with Gasteiger partial charge in [-0.15, -0.1) is 11.3 Å². The summed E-state index contributed by atoms with van der Waals surface area (Å²) in [5, 5.41) is 5.56. The molecule has 0 radical (unpaired) electrons. The van der Waals surface area contributed by atoms with Gasteiger partial charge in [0.25, 0.3) is 10.0 Å². The second kappa shape index (κ2) is 11.7. The molecule has 3 aromatic heterocycles. The monoisotopic (exact) mass is 587 g/mol. The van der Waals surface area contributed by atoms with Crippen LogP contribution in [-0.2, 0) is 16.4 Å². The molecule has 0 aliphatic carbocycles. The van der Waals surface area contributed by atoms with E-state index in [-0.39, 0.29) is 21.9 Å². The number of hydrogen-bond donors (Lipinski definition) is 1. The largest absolute Gasteiger partial charge is 0.485 e. The molecule has 0 aliphatic heterocycles. The van der Waals surface area contributed by atoms with Crippen LogP contribution in [0.15, 0.2) is 87.0 Å². The van der Waals surface area contributed by atoms with Gasteiger partial charge in [-0.1, -0.05) is 66.7 Å². The van der Waals surface area contributed by atoms with Gasteiger partial charge in [0.05, 0.1) is 5.56 Å². The van der Waals surface area contributed by atoms with Crippen LogP contribution in [0.3, 0.4) is 0 Å². The van der Waals surface area contributed by atoms with Crippen LogP contribution >= 0.6 is 11.3 Å². The number of nitrogens with zero attached hydrogens (tertiary/aromatic N) is 2. The molecule has 1 atom stereocenters. The number of nitrogens with one attached hydrogen (secondary N) is 1. The molecule has 5 rings (SSSR count). The summed E-state index contributed by atoms with van der Waals surface area (Å²) in [6.45, 7) is 7.37. The Bertz CT molecular complexity index is 1790. The van der Waals surface area contributed by atoms with Crippen molar-refractivity contribution < 1.29 is 22.5 Å². The van der Waals surface area contributed by atoms with Gasteiger partial charge in [0.2, 0.25) is 0 Å². The van der Waals surface area contributed by atoms with Gasteiger partial charge < -0.3 is 9.26 Å². The van der Waals surface area contributed by atoms with Crippen molar-refractivity contribution >= 4 is 33.0 Å². The number of rotatable bonds is 10. The molecule has 0 aliphatic rings. The third-order valence-corrected chi connectivity index (χ3v) is 9.65. The minimum absolute atomic E-state index is 0.158. The molecule has 210 valence electrons. The van der Waals surface area contributed by atoms with Crippen molar-refractivity contribution in [3.05, 3.63) is 112 Å². The second-order valence-electron chi connectivity index (χ2n) is 9.54. The van der Waals surface area contributed by atoms with Crippen LogP contribution in [0, 0.1) is 13.8 Å². The normalized spacial score (nSPS) is 12.2. The predicted molar refractivity (Wildman–Crippen MR) is 159 cm³/mol. The van der Waals surface area contributed by atoms with E-state index in [2.05, 4.69) is 14.9 Å². The first-order chi connectivity index (χ1) is 19.7. The van der Waals surface area contributed by atoms with Gasteiger partial charge in [-0.3, -0.25) is 14.5 Å². The molecule has 3 heterocycles. The lowest BCUT2D eigenvalue weighted by molar-refractivity contribution is 0.103. The quantitative estimate of drug-likeness (QED) is 0.173. The van der Waals surface area contributed by atoms with E-state index in [1.165, 1.54) is 0 Å². The average Bonchev–Trinajstić information content (AvgIpc) is 3.61. The van der Waals surface area contributed by atoms with Gasteiger partial charge in [0.1, 0.15) is 21.8 Å². The van der Waals surface area contributed by atoms with E-state index in [0.29, 0.717) is 40.2 Å². The van der Waals surface area contributed by atoms with E-state index in [1.807, 2.05) is 62.4 Å². The van der Waals surface area contributed by atoms with E-state index < -0.39 is 10.0 Å². The molecule has 0 saturated carbocycles. The molecule has 0 saturated heterocycles. The Balaban J connectivity index is 1.38. The Kier molecular flexibility index (Phi) is 8.05. The van der Waals surface area contributed by atoms with E-state index in [1.54, 1.807) is 43.6 Å². The minimum Gasteiger partial charge on any atom is -0.485 e. The first-order valence-corrected chi connectivity index (χ1v) is 15.4. The van der Waals surface area contributed by atoms with Crippen molar-refractivity contribution in [2.45, 2.75) is 44.4 Å². The molecule has 0 spiro atoms. The molecule has 1 N–H and O–H groups in total. The highest BCUT2D eigenvalue weighted by Crippen LogP contribution is 2.35. The van der Waals surface area contributed by atoms with Crippen LogP contribution in [0.2, 0.25) is 0 Å². The van der Waals surface area contributed by atoms with Crippen LogP contribution < -0.4 is 9.46 Å². The summed E-state index contributed by atoms with van der Waals surface area (Å²) in [4.78, 5) is 17.6. The zero-order chi connectivity index (χ0) is 29.1. The zero-order valence-electron chi connectivity index (χ0n) is 23.0. The van der Waals surface area contributed by atoms with Gasteiger partial charge >= 0.3 is 0 Å². The number of benzene rings is 2. The molecular weight excluding hydrogens is 558 g/mol. The van der Waals surface area contributed by atoms with Crippen LogP contribution in [0.1, 0.15) is 58.5 Å². The van der Waals surface area contributed by atoms with Crippen molar-refractivity contribution in [1.82, 2.24) is 10.1 Å². The predicted octanol–water partition coefficient (Wildman–Crippen LogP) is 7.15. The summed E-state index contributed by atoms with van der Waals surface area (Å²) < 4.78 is 40.6. The lowest BCUT2D eigenvalue weighted by Crippen LogP contribution is -2.13. The molecule has 1 unspecified atom stereocenters. The number of carbonyl (C=O) groups is 1. The third-order valence-electron chi connectivity index (χ3n) is 6.82. The first-order valence-electron chi connectivity index (χ1n) is 13.1. The number of pyridine rings is 1. The Hall–Kier alpha value is -4.28. The maximum absolute atomic E-state index is 13.2. The van der Waals surface area contributed by atoms with E-state index in [9.17, 15) is 13.2 Å². The van der Waals surface area contributed by atoms with E-state index >= 15 is 0 Å². The van der Waals surface area contributed by atoms with Crippen molar-refractivity contribution in [3.63, 3.8) is 0 Å². The fraction of sp³-hybridized carbons (Fsp3) is 0.194. The molecule has 41 heavy (non-hydrogen) atoms. The first kappa shape index (κ1) is 28.3. The number of sulfonamides is 1. The number of hydrogen-bond acceptors (Lipinski definition) is 8. The smallest absolute Gasteiger partial charge is 0.273 e. The molecule has 0 amide bonds. The number of ketones is 1. The summed E-state index contributed by atoms with van der Waals surface area (Å²) in [6, 6.07) is 20.2. The number of aryl methyl sites for hydroxylation is 2. The third kappa shape index (κ3) is 5.94. The molecule has 0 bridgehead atoms. The highest BCUT2D eigenvalue weighted by molar-refractivity contribution is 7.94. The molecule has 0 fully saturated rings. The van der Waals surface area contributed by atoms with Crippen LogP contribution in [-0.4, -0.2) is 24.3 Å². The lowest BCUT2D eigenvalue weighted by Gasteiger charge is -2.18. The topological polar surface area (TPSA) is 111 Å². The Morgan fingerprint density at radius 1 is 1.07 bits per heavy atom. The number of aromatic nitrogens is 2. The van der Waals surface area contributed by atoms with Crippen LogP contribution in [0.5, 0.6) is 5.75 Å². The summed E-state index contributed by atoms with van der Waals surface area (Å²) >= 11 is 1.13. The van der Waals surface area contributed by atoms with Crippen LogP contribution in [0.25, 0.3) is 11.1 Å². The van der Waals surface area contributed by atoms with Gasteiger partial charge in [0.15, 0.2) is 11.6 Å². The number of anilines is 1. The SMILES string of the molecule is CCc1cc(OC(C)c2ccc(-c3ccsc3S(=O)(=O)Nc3noc(C)c3C)cc2)c(C(=O)c2ccccc2)cn1. The molecule has 10 heteroatoms. The molecule has 2 aromatic carbocycles. The maximum Gasteiger partial charge on any atom is 0.273 e. The number of carbonyl (C=O) groups excluding carboxylic acids is 1. The fourth-order valence-electron chi connectivity index (χ4n) is 4.28. The highest BCUT2D eigenvalue weighted by atomic mass is 32.2. The molecular formula is C31H29N3O5S2. The Labute approximate surface area is 243 Å². The van der Waals surface area contributed by atoms with Gasteiger partial charge in [-0.25, -0.2) is 8.42 Å². The van der Waals surface area contributed by atoms with Crippen LogP contribution in [0.4, 0.5) is 5.82 Å². The lowest BCUT2D eigenvalue weighted by atomic mass is 10.0. The number of thiophene rings is 1. The van der Waals surface area contributed by atoms with Crippen molar-refractivity contribution in [2.24, 2.45) is 0 Å². The summed E-state index contributed by atoms with van der Waals surface area (Å²) in [5.74, 6) is 1.04. The van der Waals surface area contributed by atoms with E-state index in [4.69, 9.17) is 9.26 Å². The maximum atomic E-state index is 13.2. The fourth-order valence-corrected chi connectivity index (χ4v) is 6.73. The van der Waals surface area contributed by atoms with Gasteiger partial charge in [-0.2, -0.15) is 0 Å². The average molecular weight is 588 g/mol. The minimum atomic E-state index is -3.88. The Morgan fingerprint density at radius 3 is 2.46 bits per heavy atom. The van der Waals surface area contributed by atoms with Crippen molar-refractivity contribution in [3.8, 4) is 16.9 Å². The molecule has 8 nitrogen and oxygen atoms in total. The van der Waals surface area contributed by atoms with Gasteiger partial charge in [-0.05, 0) is 49.8 Å². The standard InChI is InChI=1S/C31H29N3O5S2/c1-5-25-17-28(27(18-32-25)29(35)24-9-7-6-8-10-24)38-21(4)22-11-13-23(14-12-22)26-15-16-40-31(26)41(36,37)34-30-19(2)20(3)39-33-30/h6-18,21H,5H2,1-4H3,(H,33,34). The van der Waals surface area contributed by atoms with Crippen molar-refractivity contribution in [1.29, 1.82) is 0 Å². The molecule has 5 aromatic rings. The summed E-state index contributed by atoms with van der Waals surface area (Å²) in [6.07, 6.45) is 1.90.